The number of fused-ring (bicyclic) bond motifs is 2. The maximum atomic E-state index is 14.2. The molecule has 1 aromatic heterocycles. The molecule has 6 aromatic rings. The van der Waals surface area contributed by atoms with Crippen molar-refractivity contribution >= 4 is 130 Å². The lowest BCUT2D eigenvalue weighted by molar-refractivity contribution is -0.109. The number of nitrogens with zero attached hydrogens (tertiary/aromatic N) is 7. The number of aryl methyl sites for hydroxylation is 1. The van der Waals surface area contributed by atoms with Crippen LogP contribution in [0.2, 0.25) is 0 Å². The van der Waals surface area contributed by atoms with Gasteiger partial charge in [-0.1, -0.05) is 6.07 Å². The smallest absolute Gasteiger partial charge is 0.296 e. The number of benzene rings is 5. The minimum absolute atomic E-state index is 0.0401. The Labute approximate surface area is 426 Å². The summed E-state index contributed by atoms with van der Waals surface area (Å²) < 4.78 is 173. The molecule has 5 aromatic carbocycles. The average molecular weight is 1140 g/mol. The molecule has 2 aliphatic carbocycles. The van der Waals surface area contributed by atoms with E-state index in [4.69, 9.17) is 0 Å². The summed E-state index contributed by atoms with van der Waals surface area (Å²) >= 11 is 1.17. The van der Waals surface area contributed by atoms with Crippen LogP contribution in [0.15, 0.2) is 170 Å². The standard InChI is InChI=1S/C42H29N9O18S6/c1-20-2-10-28-35(12-20)70-42(43-28)27-9-5-23(15-36(27)73(61,62)63)45-48-30-18-31(34(53)19-33(30)52)49-50-32-17-26(72(58,59)60)13-21-14-38(75(67,68)69)40(41(54)39(21)32)51-46-24-6-11-29(37(16-24)74(64,65)66)47-44-22-3-7-25(8-4-22)71(55,56)57/h2-19,45-46,53H,1H3,(H,55,56,57)(H,58,59,60)(H,61,62,63)(H,64,65,66)(H,67,68,69). The second-order valence-electron chi connectivity index (χ2n) is 15.5. The molecular formula is C42H29N9O18S6. The molecule has 0 atom stereocenters. The van der Waals surface area contributed by atoms with Gasteiger partial charge in [-0.3, -0.25) is 43.2 Å². The number of hydrogen-bond donors (Lipinski definition) is 8. The van der Waals surface area contributed by atoms with Crippen LogP contribution in [-0.4, -0.2) is 97.9 Å². The molecule has 8 N–H and O–H groups in total. The first-order valence-electron chi connectivity index (χ1n) is 20.2. The molecule has 0 fully saturated rings. The van der Waals surface area contributed by atoms with Crippen LogP contribution >= 0.6 is 11.3 Å². The zero-order chi connectivity index (χ0) is 54.6. The quantitative estimate of drug-likeness (QED) is 0.0235. The molecule has 2 aliphatic rings. The molecule has 0 saturated carbocycles. The van der Waals surface area contributed by atoms with Crippen LogP contribution in [0.25, 0.3) is 26.9 Å². The second-order valence-corrected chi connectivity index (χ2v) is 23.5. The number of aromatic nitrogens is 1. The van der Waals surface area contributed by atoms with Gasteiger partial charge in [0, 0.05) is 17.7 Å². The minimum Gasteiger partial charge on any atom is -0.505 e. The lowest BCUT2D eigenvalue weighted by Gasteiger charge is -2.18. The number of hydrazone groups is 2. The molecule has 0 radical (unpaired) electrons. The van der Waals surface area contributed by atoms with Crippen LogP contribution in [0, 0.1) is 6.92 Å². The van der Waals surface area contributed by atoms with Crippen LogP contribution in [0.5, 0.6) is 0 Å². The van der Waals surface area contributed by atoms with Gasteiger partial charge in [-0.15, -0.1) is 26.7 Å². The van der Waals surface area contributed by atoms with Gasteiger partial charge in [0.2, 0.25) is 11.6 Å². The van der Waals surface area contributed by atoms with Crippen molar-refractivity contribution in [3.8, 4) is 10.6 Å². The fraction of sp³-hybridized carbons (Fsp3) is 0.0238. The van der Waals surface area contributed by atoms with Gasteiger partial charge in [-0.05, 0) is 109 Å². The third-order valence-corrected chi connectivity index (χ3v) is 15.7. The fourth-order valence-corrected chi connectivity index (χ4v) is 11.0. The molecule has 0 amide bonds. The van der Waals surface area contributed by atoms with Crippen molar-refractivity contribution in [2.24, 2.45) is 30.7 Å². The number of carbonyl (C=O) groups excluding carboxylic acids is 2. The molecule has 0 spiro atoms. The van der Waals surface area contributed by atoms with E-state index in [-0.39, 0.29) is 27.6 Å². The topological polar surface area (TPSA) is 437 Å². The van der Waals surface area contributed by atoms with Crippen LogP contribution < -0.4 is 10.9 Å². The number of hydrogen-bond acceptors (Lipinski definition) is 23. The summed E-state index contributed by atoms with van der Waals surface area (Å²) in [5.41, 5.74) is 0.925. The van der Waals surface area contributed by atoms with Gasteiger partial charge in [-0.25, -0.2) is 4.98 Å². The van der Waals surface area contributed by atoms with Crippen molar-refractivity contribution in [2.75, 3.05) is 10.9 Å². The zero-order valence-electron chi connectivity index (χ0n) is 37.1. The van der Waals surface area contributed by atoms with Gasteiger partial charge in [-0.2, -0.15) is 57.4 Å². The zero-order valence-corrected chi connectivity index (χ0v) is 42.0. The lowest BCUT2D eigenvalue weighted by atomic mass is 9.93. The van der Waals surface area contributed by atoms with Gasteiger partial charge < -0.3 is 5.11 Å². The number of aliphatic hydroxyl groups excluding tert-OH is 1. The monoisotopic (exact) mass is 1140 g/mol. The maximum Gasteiger partial charge on any atom is 0.296 e. The number of ketones is 2. The van der Waals surface area contributed by atoms with E-state index >= 15 is 0 Å². The number of azo groups is 2. The summed E-state index contributed by atoms with van der Waals surface area (Å²) in [4.78, 5) is 27.4. The summed E-state index contributed by atoms with van der Waals surface area (Å²) in [6, 6.07) is 17.2. The molecule has 75 heavy (non-hydrogen) atoms. The Balaban J connectivity index is 1.12. The number of nitrogens with one attached hydrogen (secondary N) is 2. The van der Waals surface area contributed by atoms with E-state index in [2.05, 4.69) is 46.5 Å². The van der Waals surface area contributed by atoms with E-state index in [9.17, 15) is 79.5 Å². The highest BCUT2D eigenvalue weighted by Gasteiger charge is 2.36. The van der Waals surface area contributed by atoms with E-state index in [0.717, 1.165) is 58.8 Å². The highest BCUT2D eigenvalue weighted by Crippen LogP contribution is 2.38. The Hall–Kier alpha value is -7.96. The Morgan fingerprint density at radius 2 is 1.20 bits per heavy atom. The van der Waals surface area contributed by atoms with Crippen molar-refractivity contribution in [1.82, 2.24) is 4.98 Å². The molecule has 27 nitrogen and oxygen atoms in total. The molecular weight excluding hydrogens is 1110 g/mol. The third kappa shape index (κ3) is 11.9. The fourth-order valence-electron chi connectivity index (χ4n) is 6.82. The highest BCUT2D eigenvalue weighted by molar-refractivity contribution is 7.91. The maximum absolute atomic E-state index is 14.2. The Morgan fingerprint density at radius 3 is 1.84 bits per heavy atom. The third-order valence-electron chi connectivity index (χ3n) is 10.3. The predicted octanol–water partition coefficient (Wildman–Crippen LogP) is 7.03. The Morgan fingerprint density at radius 1 is 0.573 bits per heavy atom. The van der Waals surface area contributed by atoms with Crippen molar-refractivity contribution in [2.45, 2.75) is 26.5 Å². The van der Waals surface area contributed by atoms with E-state index in [0.29, 0.717) is 35.9 Å². The molecule has 1 heterocycles. The van der Waals surface area contributed by atoms with Crippen molar-refractivity contribution in [3.05, 3.63) is 136 Å². The summed E-state index contributed by atoms with van der Waals surface area (Å²) in [5, 5.41) is 33.8. The van der Waals surface area contributed by atoms with Crippen LogP contribution in [0.4, 0.5) is 28.4 Å². The van der Waals surface area contributed by atoms with Gasteiger partial charge in [0.05, 0.1) is 48.3 Å². The molecule has 0 aliphatic heterocycles. The first kappa shape index (κ1) is 53.3. The average Bonchev–Trinajstić information content (AvgIpc) is 3.74. The van der Waals surface area contributed by atoms with E-state index in [1.165, 1.54) is 23.5 Å². The molecule has 386 valence electrons. The summed E-state index contributed by atoms with van der Waals surface area (Å²) in [6.07, 6.45) is 2.03. The van der Waals surface area contributed by atoms with Crippen molar-refractivity contribution in [1.29, 1.82) is 0 Å². The lowest BCUT2D eigenvalue weighted by Crippen LogP contribution is -2.27. The number of carbonyl (C=O) groups is 2. The number of Topliss-reactive ketones (excluding diaryl/α,β-unsaturated/α-hetero) is 1. The number of thiazole rings is 1. The van der Waals surface area contributed by atoms with Crippen LogP contribution in [0.1, 0.15) is 21.5 Å². The van der Waals surface area contributed by atoms with E-state index in [1.54, 1.807) is 6.07 Å². The first-order valence-corrected chi connectivity index (χ1v) is 28.2. The summed E-state index contributed by atoms with van der Waals surface area (Å²) in [7, 11) is -25.2. The largest absolute Gasteiger partial charge is 0.505 e. The van der Waals surface area contributed by atoms with Gasteiger partial charge >= 0.3 is 0 Å². The van der Waals surface area contributed by atoms with E-state index in [1.807, 2.05) is 19.1 Å². The normalized spacial score (nSPS) is 15.9. The first-order chi connectivity index (χ1) is 34.9. The SMILES string of the molecule is Cc1ccc2nc(-c3ccc(NN=C4C=C(N=Nc5cc(S(=O)(=O)O)cc6c5C(=O)C(=NNc5ccc(N=Nc7ccc(S(=O)(=O)O)cc7)c(S(=O)(=O)O)c5)C(S(=O)(=O)O)=C6)C(O)=CC4=O)cc3S(=O)(=O)O)sc2c1. The molecule has 0 saturated heterocycles. The number of anilines is 2. The summed E-state index contributed by atoms with van der Waals surface area (Å²) in [6.45, 7) is 1.86. The number of rotatable bonds is 14. The van der Waals surface area contributed by atoms with Gasteiger partial charge in [0.15, 0.2) is 5.71 Å². The van der Waals surface area contributed by atoms with Gasteiger partial charge in [0.25, 0.3) is 50.6 Å². The molecule has 8 rings (SSSR count). The second kappa shape index (κ2) is 19.7. The summed E-state index contributed by atoms with van der Waals surface area (Å²) in [5.74, 6) is -3.23. The van der Waals surface area contributed by atoms with Crippen molar-refractivity contribution < 1.29 is 79.5 Å². The predicted molar refractivity (Wildman–Crippen MR) is 267 cm³/mol. The van der Waals surface area contributed by atoms with Crippen molar-refractivity contribution in [3.63, 3.8) is 0 Å². The van der Waals surface area contributed by atoms with Crippen LogP contribution in [-0.2, 0) is 55.4 Å². The highest BCUT2D eigenvalue weighted by atomic mass is 32.2. The molecule has 0 bridgehead atoms. The number of allylic oxidation sites excluding steroid dienone is 3. The van der Waals surface area contributed by atoms with Gasteiger partial charge in [0.1, 0.15) is 42.6 Å². The van der Waals surface area contributed by atoms with Crippen LogP contribution in [0.3, 0.4) is 0 Å². The molecule has 33 heteroatoms. The van der Waals surface area contributed by atoms with E-state index < -0.39 is 132 Å². The Bertz CT molecular complexity index is 4320. The number of aliphatic hydroxyl groups is 1. The minimum atomic E-state index is -5.46. The molecule has 0 unspecified atom stereocenters. The Kier molecular flexibility index (Phi) is 14.0.